The van der Waals surface area contributed by atoms with Gasteiger partial charge in [-0.25, -0.2) is 4.98 Å². The lowest BCUT2D eigenvalue weighted by atomic mass is 9.90. The molecule has 1 spiro atoms. The van der Waals surface area contributed by atoms with Crippen LogP contribution in [0.4, 0.5) is 11.8 Å². The Morgan fingerprint density at radius 1 is 1.15 bits per heavy atom. The van der Waals surface area contributed by atoms with Gasteiger partial charge in [0.1, 0.15) is 5.82 Å². The second-order valence-corrected chi connectivity index (χ2v) is 7.29. The first-order valence-corrected chi connectivity index (χ1v) is 9.43. The molecule has 3 heterocycles. The number of carbonyl (C=O) groups is 1. The van der Waals surface area contributed by atoms with Gasteiger partial charge in [-0.15, -0.1) is 0 Å². The largest absolute Gasteiger partial charge is 0.384 e. The van der Waals surface area contributed by atoms with E-state index < -0.39 is 0 Å². The van der Waals surface area contributed by atoms with Crippen LogP contribution in [-0.2, 0) is 16.1 Å². The predicted molar refractivity (Wildman–Crippen MR) is 103 cm³/mol. The summed E-state index contributed by atoms with van der Waals surface area (Å²) in [5.74, 6) is 1.30. The predicted octanol–water partition coefficient (Wildman–Crippen LogP) is 1.85. The quantitative estimate of drug-likeness (QED) is 0.891. The molecule has 1 amide bonds. The highest BCUT2D eigenvalue weighted by Crippen LogP contribution is 2.32. The van der Waals surface area contributed by atoms with Crippen molar-refractivity contribution in [1.29, 1.82) is 0 Å². The Balaban J connectivity index is 1.45. The van der Waals surface area contributed by atoms with Gasteiger partial charge in [0.15, 0.2) is 0 Å². The summed E-state index contributed by atoms with van der Waals surface area (Å²) >= 11 is 0. The lowest BCUT2D eigenvalue weighted by Gasteiger charge is -2.42. The zero-order chi connectivity index (χ0) is 18.7. The molecule has 142 valence electrons. The molecule has 2 aliphatic heterocycles. The van der Waals surface area contributed by atoms with Crippen LogP contribution >= 0.6 is 0 Å². The molecule has 4 rings (SSSR count). The minimum absolute atomic E-state index is 0.164. The Morgan fingerprint density at radius 3 is 2.67 bits per heavy atom. The molecule has 1 aromatic carbocycles. The fourth-order valence-electron chi connectivity index (χ4n) is 3.87. The number of nitrogen functional groups attached to an aromatic ring is 1. The maximum absolute atomic E-state index is 12.6. The molecule has 27 heavy (non-hydrogen) atoms. The zero-order valence-electron chi connectivity index (χ0n) is 15.4. The second kappa shape index (κ2) is 7.52. The van der Waals surface area contributed by atoms with Crippen LogP contribution in [0.3, 0.4) is 0 Å². The normalized spacial score (nSPS) is 19.9. The number of benzene rings is 1. The summed E-state index contributed by atoms with van der Waals surface area (Å²) < 4.78 is 6.22. The van der Waals surface area contributed by atoms with Crippen LogP contribution in [0.5, 0.6) is 0 Å². The lowest BCUT2D eigenvalue weighted by Crippen LogP contribution is -2.52. The number of nitrogens with zero attached hydrogens (tertiary/aromatic N) is 4. The van der Waals surface area contributed by atoms with Crippen LogP contribution < -0.4 is 10.6 Å². The van der Waals surface area contributed by atoms with Gasteiger partial charge in [-0.3, -0.25) is 4.79 Å². The van der Waals surface area contributed by atoms with Crippen LogP contribution in [-0.4, -0.2) is 52.6 Å². The molecule has 2 N–H and O–H groups in total. The third-order valence-electron chi connectivity index (χ3n) is 5.39. The maximum Gasteiger partial charge on any atom is 0.227 e. The van der Waals surface area contributed by atoms with Crippen LogP contribution in [0.1, 0.15) is 24.8 Å². The summed E-state index contributed by atoms with van der Waals surface area (Å²) in [4.78, 5) is 25.3. The average molecular weight is 367 g/mol. The smallest absolute Gasteiger partial charge is 0.227 e. The highest BCUT2D eigenvalue weighted by Gasteiger charge is 2.40. The average Bonchev–Trinajstić information content (AvgIpc) is 2.82. The van der Waals surface area contributed by atoms with E-state index >= 15 is 0 Å². The van der Waals surface area contributed by atoms with Crippen LogP contribution in [0, 0.1) is 0 Å². The number of aromatic nitrogens is 2. The number of rotatable bonds is 3. The molecule has 0 bridgehead atoms. The molecule has 2 aromatic rings. The molecule has 0 radical (unpaired) electrons. The highest BCUT2D eigenvalue weighted by molar-refractivity contribution is 5.76. The number of piperidine rings is 1. The van der Waals surface area contributed by atoms with Crippen LogP contribution in [0.15, 0.2) is 42.6 Å². The Kier molecular flexibility index (Phi) is 4.94. The van der Waals surface area contributed by atoms with Gasteiger partial charge in [-0.1, -0.05) is 30.3 Å². The summed E-state index contributed by atoms with van der Waals surface area (Å²) in [6, 6.07) is 11.8. The van der Waals surface area contributed by atoms with E-state index in [4.69, 9.17) is 10.5 Å². The minimum atomic E-state index is -0.294. The van der Waals surface area contributed by atoms with E-state index in [-0.39, 0.29) is 11.5 Å². The van der Waals surface area contributed by atoms with E-state index in [1.165, 1.54) is 0 Å². The van der Waals surface area contributed by atoms with Crippen molar-refractivity contribution in [1.82, 2.24) is 14.9 Å². The first-order valence-electron chi connectivity index (χ1n) is 9.43. The molecule has 2 saturated heterocycles. The van der Waals surface area contributed by atoms with Crippen molar-refractivity contribution in [2.24, 2.45) is 0 Å². The van der Waals surface area contributed by atoms with Gasteiger partial charge in [0.05, 0.1) is 25.2 Å². The minimum Gasteiger partial charge on any atom is -0.384 e. The van der Waals surface area contributed by atoms with Gasteiger partial charge in [0.2, 0.25) is 11.9 Å². The molecule has 0 aliphatic carbocycles. The summed E-state index contributed by atoms with van der Waals surface area (Å²) in [7, 11) is 0. The summed E-state index contributed by atoms with van der Waals surface area (Å²) in [5, 5.41) is 0. The van der Waals surface area contributed by atoms with Gasteiger partial charge in [0.25, 0.3) is 0 Å². The topological polar surface area (TPSA) is 84.6 Å². The number of hydrogen-bond donors (Lipinski definition) is 1. The molecule has 0 atom stereocenters. The summed E-state index contributed by atoms with van der Waals surface area (Å²) in [6.45, 7) is 3.33. The van der Waals surface area contributed by atoms with E-state index in [0.29, 0.717) is 37.9 Å². The number of amides is 1. The molecule has 2 aliphatic rings. The lowest BCUT2D eigenvalue weighted by molar-refractivity contribution is -0.132. The Labute approximate surface area is 159 Å². The Morgan fingerprint density at radius 2 is 1.93 bits per heavy atom. The van der Waals surface area contributed by atoms with E-state index in [9.17, 15) is 4.79 Å². The third-order valence-corrected chi connectivity index (χ3v) is 5.39. The molecule has 0 unspecified atom stereocenters. The van der Waals surface area contributed by atoms with Gasteiger partial charge in [-0.05, 0) is 24.5 Å². The summed E-state index contributed by atoms with van der Waals surface area (Å²) in [6.07, 6.45) is 3.80. The van der Waals surface area contributed by atoms with Crippen molar-refractivity contribution in [3.05, 3.63) is 48.2 Å². The molecule has 7 heteroatoms. The van der Waals surface area contributed by atoms with Crippen molar-refractivity contribution in [3.8, 4) is 0 Å². The molecule has 1 aromatic heterocycles. The van der Waals surface area contributed by atoms with Gasteiger partial charge >= 0.3 is 0 Å². The molecule has 7 nitrogen and oxygen atoms in total. The first kappa shape index (κ1) is 17.7. The Hall–Kier alpha value is -2.67. The number of anilines is 2. The number of hydrogen-bond acceptors (Lipinski definition) is 6. The zero-order valence-corrected chi connectivity index (χ0v) is 15.4. The molecule has 0 saturated carbocycles. The number of carbonyl (C=O) groups excluding carboxylic acids is 1. The first-order chi connectivity index (χ1) is 13.1. The number of ether oxygens (including phenoxy) is 1. The van der Waals surface area contributed by atoms with Crippen molar-refractivity contribution in [2.75, 3.05) is 36.9 Å². The standard InChI is InChI=1S/C20H25N5O2/c21-17-6-10-22-19(23-17)24-11-8-20(9-12-24)15-25(18(26)7-13-27-20)14-16-4-2-1-3-5-16/h1-6,10H,7-9,11-15H2,(H2,21,22,23). The van der Waals surface area contributed by atoms with E-state index in [1.807, 2.05) is 23.1 Å². The molecular formula is C20H25N5O2. The van der Waals surface area contributed by atoms with Crippen molar-refractivity contribution < 1.29 is 9.53 Å². The fraction of sp³-hybridized carbons (Fsp3) is 0.450. The molecule has 2 fully saturated rings. The van der Waals surface area contributed by atoms with E-state index in [2.05, 4.69) is 27.0 Å². The SMILES string of the molecule is Nc1ccnc(N2CCC3(CC2)CN(Cc2ccccc2)C(=O)CCO3)n1. The monoisotopic (exact) mass is 367 g/mol. The van der Waals surface area contributed by atoms with Crippen molar-refractivity contribution >= 4 is 17.7 Å². The van der Waals surface area contributed by atoms with Gasteiger partial charge < -0.3 is 20.3 Å². The third kappa shape index (κ3) is 4.03. The molecular weight excluding hydrogens is 342 g/mol. The van der Waals surface area contributed by atoms with E-state index in [0.717, 1.165) is 31.5 Å². The van der Waals surface area contributed by atoms with Gasteiger partial charge in [0, 0.05) is 25.8 Å². The van der Waals surface area contributed by atoms with Crippen molar-refractivity contribution in [3.63, 3.8) is 0 Å². The van der Waals surface area contributed by atoms with E-state index in [1.54, 1.807) is 12.3 Å². The Bertz CT molecular complexity index is 790. The van der Waals surface area contributed by atoms with Crippen LogP contribution in [0.25, 0.3) is 0 Å². The highest BCUT2D eigenvalue weighted by atomic mass is 16.5. The number of nitrogens with two attached hydrogens (primary N) is 1. The fourth-order valence-corrected chi connectivity index (χ4v) is 3.87. The van der Waals surface area contributed by atoms with Crippen molar-refractivity contribution in [2.45, 2.75) is 31.4 Å². The maximum atomic E-state index is 12.6. The van der Waals surface area contributed by atoms with Crippen LogP contribution in [0.2, 0.25) is 0 Å². The summed E-state index contributed by atoms with van der Waals surface area (Å²) in [5.41, 5.74) is 6.64. The second-order valence-electron chi connectivity index (χ2n) is 7.29. The van der Waals surface area contributed by atoms with Gasteiger partial charge in [-0.2, -0.15) is 4.98 Å².